The molecule has 0 saturated carbocycles. The van der Waals surface area contributed by atoms with Gasteiger partial charge in [-0.15, -0.1) is 0 Å². The third-order valence-electron chi connectivity index (χ3n) is 1.93. The molecular weight excluding hydrogens is 212 g/mol. The Morgan fingerprint density at radius 1 is 1.50 bits per heavy atom. The zero-order chi connectivity index (χ0) is 12.3. The van der Waals surface area contributed by atoms with Gasteiger partial charge in [-0.05, 0) is 13.8 Å². The van der Waals surface area contributed by atoms with Crippen LogP contribution in [0.15, 0.2) is 12.1 Å². The summed E-state index contributed by atoms with van der Waals surface area (Å²) in [6, 6.07) is 2.93. The van der Waals surface area contributed by atoms with Gasteiger partial charge < -0.3 is 15.2 Å². The Hall–Kier alpha value is -1.98. The largest absolute Gasteiger partial charge is 0.500 e. The van der Waals surface area contributed by atoms with Gasteiger partial charge in [-0.25, -0.2) is 0 Å². The lowest BCUT2D eigenvalue weighted by molar-refractivity contribution is -0.385. The normalized spacial score (nSPS) is 10.2. The Balaban J connectivity index is 3.23. The van der Waals surface area contributed by atoms with Crippen molar-refractivity contribution in [2.45, 2.75) is 19.9 Å². The maximum Gasteiger partial charge on any atom is 0.316 e. The van der Waals surface area contributed by atoms with Crippen molar-refractivity contribution in [1.29, 1.82) is 0 Å². The number of nitro benzene ring substituents is 1. The minimum absolute atomic E-state index is 0.0809. The molecule has 0 heterocycles. The molecule has 2 N–H and O–H groups in total. The lowest BCUT2D eigenvalue weighted by atomic mass is 10.2. The zero-order valence-corrected chi connectivity index (χ0v) is 9.35. The van der Waals surface area contributed by atoms with E-state index in [1.807, 2.05) is 13.8 Å². The van der Waals surface area contributed by atoms with Crippen molar-refractivity contribution in [2.24, 2.45) is 0 Å². The number of anilines is 1. The van der Waals surface area contributed by atoms with Crippen LogP contribution >= 0.6 is 0 Å². The fourth-order valence-electron chi connectivity index (χ4n) is 1.30. The number of hydrogen-bond acceptors (Lipinski definition) is 5. The molecule has 0 amide bonds. The maximum absolute atomic E-state index is 10.7. The first-order chi connectivity index (χ1) is 7.45. The van der Waals surface area contributed by atoms with Crippen LogP contribution in [0, 0.1) is 10.1 Å². The van der Waals surface area contributed by atoms with E-state index in [1.165, 1.54) is 19.2 Å². The van der Waals surface area contributed by atoms with Gasteiger partial charge >= 0.3 is 5.69 Å². The molecule has 1 aromatic carbocycles. The summed E-state index contributed by atoms with van der Waals surface area (Å²) in [5.74, 6) is -0.376. The number of aromatic hydroxyl groups is 1. The van der Waals surface area contributed by atoms with Crippen molar-refractivity contribution >= 4 is 11.4 Å². The SMILES string of the molecule is COc1cc(NC(C)C)cc([N+](=O)[O-])c1O. The smallest absolute Gasteiger partial charge is 0.316 e. The van der Waals surface area contributed by atoms with Gasteiger partial charge in [0.2, 0.25) is 5.75 Å². The van der Waals surface area contributed by atoms with E-state index in [0.717, 1.165) is 0 Å². The Kier molecular flexibility index (Phi) is 3.55. The summed E-state index contributed by atoms with van der Waals surface area (Å²) in [5.41, 5.74) is 0.166. The molecule has 0 aromatic heterocycles. The van der Waals surface area contributed by atoms with E-state index in [-0.39, 0.29) is 17.5 Å². The third kappa shape index (κ3) is 2.53. The average Bonchev–Trinajstić information content (AvgIpc) is 2.19. The van der Waals surface area contributed by atoms with Crippen molar-refractivity contribution in [3.8, 4) is 11.5 Å². The van der Waals surface area contributed by atoms with E-state index in [9.17, 15) is 15.2 Å². The zero-order valence-electron chi connectivity index (χ0n) is 9.35. The molecule has 0 saturated heterocycles. The van der Waals surface area contributed by atoms with Gasteiger partial charge in [-0.1, -0.05) is 0 Å². The van der Waals surface area contributed by atoms with Gasteiger partial charge in [0.15, 0.2) is 5.75 Å². The highest BCUT2D eigenvalue weighted by Crippen LogP contribution is 2.38. The molecule has 88 valence electrons. The van der Waals surface area contributed by atoms with Crippen LogP contribution in [-0.2, 0) is 0 Å². The maximum atomic E-state index is 10.7. The highest BCUT2D eigenvalue weighted by atomic mass is 16.6. The van der Waals surface area contributed by atoms with E-state index >= 15 is 0 Å². The molecule has 0 aliphatic heterocycles. The van der Waals surface area contributed by atoms with Crippen LogP contribution in [0.3, 0.4) is 0 Å². The molecular formula is C10H14N2O4. The fraction of sp³-hybridized carbons (Fsp3) is 0.400. The number of phenols is 1. The number of nitrogens with zero attached hydrogens (tertiary/aromatic N) is 1. The summed E-state index contributed by atoms with van der Waals surface area (Å²) in [4.78, 5) is 10.0. The predicted molar refractivity (Wildman–Crippen MR) is 60.1 cm³/mol. The summed E-state index contributed by atoms with van der Waals surface area (Å²) in [5, 5.41) is 23.2. The Morgan fingerprint density at radius 2 is 2.12 bits per heavy atom. The van der Waals surface area contributed by atoms with Crippen molar-refractivity contribution in [3.63, 3.8) is 0 Å². The number of nitrogens with one attached hydrogen (secondary N) is 1. The van der Waals surface area contributed by atoms with Crippen molar-refractivity contribution in [2.75, 3.05) is 12.4 Å². The van der Waals surface area contributed by atoms with E-state index < -0.39 is 10.7 Å². The molecule has 1 rings (SSSR count). The molecule has 0 unspecified atom stereocenters. The van der Waals surface area contributed by atoms with Crippen molar-refractivity contribution in [1.82, 2.24) is 0 Å². The van der Waals surface area contributed by atoms with Gasteiger partial charge in [0.25, 0.3) is 0 Å². The van der Waals surface area contributed by atoms with Crippen LogP contribution in [0.5, 0.6) is 11.5 Å². The quantitative estimate of drug-likeness (QED) is 0.466. The monoisotopic (exact) mass is 226 g/mol. The first-order valence-electron chi connectivity index (χ1n) is 4.77. The van der Waals surface area contributed by atoms with Crippen LogP contribution in [0.4, 0.5) is 11.4 Å². The molecule has 0 radical (unpaired) electrons. The molecule has 0 spiro atoms. The van der Waals surface area contributed by atoms with Gasteiger partial charge in [0, 0.05) is 23.9 Å². The predicted octanol–water partition coefficient (Wildman–Crippen LogP) is 2.13. The van der Waals surface area contributed by atoms with Gasteiger partial charge in [0.05, 0.1) is 12.0 Å². The van der Waals surface area contributed by atoms with Crippen LogP contribution in [0.25, 0.3) is 0 Å². The van der Waals surface area contributed by atoms with Gasteiger partial charge in [-0.2, -0.15) is 0 Å². The molecule has 0 bridgehead atoms. The molecule has 0 atom stereocenters. The van der Waals surface area contributed by atoms with Crippen molar-refractivity contribution < 1.29 is 14.8 Å². The number of phenolic OH excluding ortho intramolecular Hbond substituents is 1. The number of hydrogen-bond donors (Lipinski definition) is 2. The second-order valence-electron chi connectivity index (χ2n) is 3.60. The molecule has 6 heteroatoms. The summed E-state index contributed by atoms with van der Waals surface area (Å²) >= 11 is 0. The highest BCUT2D eigenvalue weighted by molar-refractivity contribution is 5.65. The first kappa shape index (κ1) is 12.1. The third-order valence-corrected chi connectivity index (χ3v) is 1.93. The number of methoxy groups -OCH3 is 1. The van der Waals surface area contributed by atoms with E-state index in [2.05, 4.69) is 5.32 Å². The van der Waals surface area contributed by atoms with Gasteiger partial charge in [-0.3, -0.25) is 10.1 Å². The standard InChI is InChI=1S/C10H14N2O4/c1-6(2)11-7-4-8(12(14)15)10(13)9(5-7)16-3/h4-6,11,13H,1-3H3. The summed E-state index contributed by atoms with van der Waals surface area (Å²) < 4.78 is 4.86. The molecule has 0 fully saturated rings. The molecule has 0 aliphatic rings. The lowest BCUT2D eigenvalue weighted by Crippen LogP contribution is -2.10. The molecule has 16 heavy (non-hydrogen) atoms. The topological polar surface area (TPSA) is 84.6 Å². The Labute approximate surface area is 93.0 Å². The van der Waals surface area contributed by atoms with Crippen LogP contribution in [0.1, 0.15) is 13.8 Å². The van der Waals surface area contributed by atoms with E-state index in [1.54, 1.807) is 0 Å². The second kappa shape index (κ2) is 4.69. The van der Waals surface area contributed by atoms with Crippen LogP contribution in [-0.4, -0.2) is 23.2 Å². The summed E-state index contributed by atoms with van der Waals surface area (Å²) in [6.07, 6.45) is 0. The van der Waals surface area contributed by atoms with Crippen LogP contribution in [0.2, 0.25) is 0 Å². The van der Waals surface area contributed by atoms with E-state index in [4.69, 9.17) is 4.74 Å². The Bertz CT molecular complexity index is 404. The minimum atomic E-state index is -0.649. The van der Waals surface area contributed by atoms with Crippen LogP contribution < -0.4 is 10.1 Å². The number of ether oxygens (including phenoxy) is 1. The summed E-state index contributed by atoms with van der Waals surface area (Å²) in [6.45, 7) is 3.82. The average molecular weight is 226 g/mol. The minimum Gasteiger partial charge on any atom is -0.500 e. The van der Waals surface area contributed by atoms with Gasteiger partial charge in [0.1, 0.15) is 0 Å². The number of rotatable bonds is 4. The fourth-order valence-corrected chi connectivity index (χ4v) is 1.30. The van der Waals surface area contributed by atoms with E-state index in [0.29, 0.717) is 5.69 Å². The molecule has 0 aliphatic carbocycles. The molecule has 6 nitrogen and oxygen atoms in total. The number of nitro groups is 1. The molecule has 1 aromatic rings. The summed E-state index contributed by atoms with van der Waals surface area (Å²) in [7, 11) is 1.35. The lowest BCUT2D eigenvalue weighted by Gasteiger charge is -2.12. The Morgan fingerprint density at radius 3 is 2.56 bits per heavy atom. The second-order valence-corrected chi connectivity index (χ2v) is 3.60. The number of benzene rings is 1. The highest BCUT2D eigenvalue weighted by Gasteiger charge is 2.19. The first-order valence-corrected chi connectivity index (χ1v) is 4.77. The van der Waals surface area contributed by atoms with Crippen molar-refractivity contribution in [3.05, 3.63) is 22.2 Å².